The van der Waals surface area contributed by atoms with Gasteiger partial charge in [0.25, 0.3) is 0 Å². The first-order chi connectivity index (χ1) is 11.9. The number of carbonyl (C=O) groups is 2. The minimum absolute atomic E-state index is 0.181. The molecular weight excluding hydrogens is 383 g/mol. The molecule has 25 heavy (non-hydrogen) atoms. The molecule has 0 radical (unpaired) electrons. The van der Waals surface area contributed by atoms with Gasteiger partial charge in [-0.15, -0.1) is 0 Å². The number of carbonyl (C=O) groups excluding carboxylic acids is 2. The van der Waals surface area contributed by atoms with Crippen molar-refractivity contribution < 1.29 is 9.59 Å². The molecule has 2 aromatic carbocycles. The molecule has 1 saturated carbocycles. The smallest absolute Gasteiger partial charge is 0.228 e. The van der Waals surface area contributed by atoms with Crippen molar-refractivity contribution in [2.24, 2.45) is 11.8 Å². The van der Waals surface area contributed by atoms with Crippen LogP contribution in [-0.4, -0.2) is 11.8 Å². The van der Waals surface area contributed by atoms with Gasteiger partial charge in [-0.1, -0.05) is 40.9 Å². The van der Waals surface area contributed by atoms with Crippen LogP contribution in [0.5, 0.6) is 0 Å². The van der Waals surface area contributed by atoms with E-state index in [0.29, 0.717) is 32.9 Å². The topological polar surface area (TPSA) is 58.2 Å². The van der Waals surface area contributed by atoms with Crippen molar-refractivity contribution in [3.8, 4) is 0 Å². The second-order valence-electron chi connectivity index (χ2n) is 5.97. The molecule has 0 spiro atoms. The maximum absolute atomic E-state index is 12.3. The van der Waals surface area contributed by atoms with Gasteiger partial charge in [0.05, 0.1) is 21.9 Å². The van der Waals surface area contributed by atoms with Crippen LogP contribution in [-0.2, 0) is 9.59 Å². The van der Waals surface area contributed by atoms with E-state index in [2.05, 4.69) is 10.6 Å². The lowest BCUT2D eigenvalue weighted by molar-refractivity contribution is -0.122. The second kappa shape index (κ2) is 7.24. The Labute approximate surface area is 160 Å². The summed E-state index contributed by atoms with van der Waals surface area (Å²) in [4.78, 5) is 24.6. The summed E-state index contributed by atoms with van der Waals surface area (Å²) in [7, 11) is 0. The van der Waals surface area contributed by atoms with Gasteiger partial charge >= 0.3 is 0 Å². The van der Waals surface area contributed by atoms with Gasteiger partial charge in [0.15, 0.2) is 0 Å². The monoisotopic (exact) mass is 396 g/mol. The first kappa shape index (κ1) is 18.1. The van der Waals surface area contributed by atoms with Crippen molar-refractivity contribution in [3.05, 3.63) is 57.0 Å². The number of hydrogen-bond acceptors (Lipinski definition) is 2. The molecule has 0 aromatic heterocycles. The standard InChI is InChI=1S/C18H15Cl3N2O2/c1-9-13(19)3-2-4-16(9)23-18(25)12-8-11(12)17(24)22-10-5-6-14(20)15(21)7-10/h2-7,11-12H,8H2,1H3,(H,22,24)(H,23,25). The van der Waals surface area contributed by atoms with E-state index >= 15 is 0 Å². The van der Waals surface area contributed by atoms with Crippen LogP contribution in [0.15, 0.2) is 36.4 Å². The summed E-state index contributed by atoms with van der Waals surface area (Å²) < 4.78 is 0. The zero-order valence-electron chi connectivity index (χ0n) is 13.3. The summed E-state index contributed by atoms with van der Waals surface area (Å²) in [5.41, 5.74) is 2.01. The van der Waals surface area contributed by atoms with Gasteiger partial charge in [0.1, 0.15) is 0 Å². The molecule has 3 rings (SSSR count). The highest BCUT2D eigenvalue weighted by molar-refractivity contribution is 6.42. The predicted octanol–water partition coefficient (Wildman–Crippen LogP) is 5.17. The third-order valence-corrected chi connectivity index (χ3v) is 5.33. The van der Waals surface area contributed by atoms with Crippen molar-refractivity contribution in [3.63, 3.8) is 0 Å². The Bertz CT molecular complexity index is 854. The van der Waals surface area contributed by atoms with E-state index in [0.717, 1.165) is 5.56 Å². The van der Waals surface area contributed by atoms with Crippen molar-refractivity contribution in [1.82, 2.24) is 0 Å². The van der Waals surface area contributed by atoms with E-state index in [1.54, 1.807) is 36.4 Å². The van der Waals surface area contributed by atoms with Crippen LogP contribution in [0.2, 0.25) is 15.1 Å². The number of nitrogens with one attached hydrogen (secondary N) is 2. The van der Waals surface area contributed by atoms with Gasteiger partial charge in [0, 0.05) is 16.4 Å². The highest BCUT2D eigenvalue weighted by Crippen LogP contribution is 2.41. The minimum atomic E-state index is -0.353. The Hall–Kier alpha value is -1.75. The number of halogens is 3. The van der Waals surface area contributed by atoms with Crippen LogP contribution >= 0.6 is 34.8 Å². The molecule has 2 atom stereocenters. The van der Waals surface area contributed by atoms with E-state index in [1.165, 1.54) is 0 Å². The van der Waals surface area contributed by atoms with Gasteiger partial charge in [-0.2, -0.15) is 0 Å². The summed E-state index contributed by atoms with van der Waals surface area (Å²) in [5.74, 6) is -1.09. The van der Waals surface area contributed by atoms with Gasteiger partial charge in [-0.3, -0.25) is 9.59 Å². The molecule has 2 unspecified atom stereocenters. The fourth-order valence-corrected chi connectivity index (χ4v) is 3.02. The quantitative estimate of drug-likeness (QED) is 0.748. The normalized spacial score (nSPS) is 18.6. The van der Waals surface area contributed by atoms with Crippen LogP contribution in [0.1, 0.15) is 12.0 Å². The Morgan fingerprint density at radius 1 is 0.920 bits per heavy atom. The molecule has 1 fully saturated rings. The van der Waals surface area contributed by atoms with E-state index in [1.807, 2.05) is 6.92 Å². The zero-order valence-corrected chi connectivity index (χ0v) is 15.5. The number of benzene rings is 2. The Balaban J connectivity index is 1.59. The van der Waals surface area contributed by atoms with Crippen LogP contribution in [0.3, 0.4) is 0 Å². The lowest BCUT2D eigenvalue weighted by Gasteiger charge is -2.09. The van der Waals surface area contributed by atoms with Crippen molar-refractivity contribution in [2.75, 3.05) is 10.6 Å². The highest BCUT2D eigenvalue weighted by Gasteiger charge is 2.48. The molecule has 4 nitrogen and oxygen atoms in total. The Morgan fingerprint density at radius 2 is 1.60 bits per heavy atom. The fraction of sp³-hybridized carbons (Fsp3) is 0.222. The number of hydrogen-bond donors (Lipinski definition) is 2. The minimum Gasteiger partial charge on any atom is -0.326 e. The van der Waals surface area contributed by atoms with Crippen molar-refractivity contribution in [1.29, 1.82) is 0 Å². The Kier molecular flexibility index (Phi) is 5.23. The number of rotatable bonds is 4. The largest absolute Gasteiger partial charge is 0.326 e. The summed E-state index contributed by atoms with van der Waals surface area (Å²) in [6.45, 7) is 1.83. The first-order valence-electron chi connectivity index (χ1n) is 7.68. The third kappa shape index (κ3) is 4.09. The molecule has 2 amide bonds. The molecule has 1 aliphatic rings. The van der Waals surface area contributed by atoms with Crippen LogP contribution in [0.4, 0.5) is 11.4 Å². The first-order valence-corrected chi connectivity index (χ1v) is 8.82. The summed E-state index contributed by atoms with van der Waals surface area (Å²) >= 11 is 17.8. The van der Waals surface area contributed by atoms with Crippen molar-refractivity contribution in [2.45, 2.75) is 13.3 Å². The lowest BCUT2D eigenvalue weighted by atomic mass is 10.2. The molecule has 130 valence electrons. The van der Waals surface area contributed by atoms with Crippen LogP contribution < -0.4 is 10.6 Å². The van der Waals surface area contributed by atoms with E-state index < -0.39 is 0 Å². The van der Waals surface area contributed by atoms with Gasteiger partial charge in [-0.25, -0.2) is 0 Å². The van der Waals surface area contributed by atoms with Gasteiger partial charge in [-0.05, 0) is 49.2 Å². The molecule has 1 aliphatic carbocycles. The lowest BCUT2D eigenvalue weighted by Crippen LogP contribution is -2.21. The molecular formula is C18H15Cl3N2O2. The molecule has 0 bridgehead atoms. The number of anilines is 2. The van der Waals surface area contributed by atoms with Gasteiger partial charge < -0.3 is 10.6 Å². The molecule has 0 saturated heterocycles. The molecule has 0 heterocycles. The van der Waals surface area contributed by atoms with Crippen molar-refractivity contribution >= 4 is 58.0 Å². The fourth-order valence-electron chi connectivity index (χ4n) is 2.55. The zero-order chi connectivity index (χ0) is 18.1. The van der Waals surface area contributed by atoms with Crippen LogP contribution in [0, 0.1) is 18.8 Å². The average molecular weight is 398 g/mol. The molecule has 0 aliphatic heterocycles. The molecule has 2 aromatic rings. The van der Waals surface area contributed by atoms with E-state index in [4.69, 9.17) is 34.8 Å². The summed E-state index contributed by atoms with van der Waals surface area (Å²) in [6.07, 6.45) is 0.513. The van der Waals surface area contributed by atoms with E-state index in [-0.39, 0.29) is 23.7 Å². The summed E-state index contributed by atoms with van der Waals surface area (Å²) in [6, 6.07) is 10.2. The predicted molar refractivity (Wildman–Crippen MR) is 102 cm³/mol. The summed E-state index contributed by atoms with van der Waals surface area (Å²) in [5, 5.41) is 6.96. The second-order valence-corrected chi connectivity index (χ2v) is 7.19. The third-order valence-electron chi connectivity index (χ3n) is 4.18. The maximum atomic E-state index is 12.3. The molecule has 2 N–H and O–H groups in total. The molecule has 7 heteroatoms. The van der Waals surface area contributed by atoms with E-state index in [9.17, 15) is 9.59 Å². The van der Waals surface area contributed by atoms with Gasteiger partial charge in [0.2, 0.25) is 11.8 Å². The SMILES string of the molecule is Cc1c(Cl)cccc1NC(=O)C1CC1C(=O)Nc1ccc(Cl)c(Cl)c1. The average Bonchev–Trinajstić information content (AvgIpc) is 3.36. The number of amides is 2. The maximum Gasteiger partial charge on any atom is 0.228 e. The van der Waals surface area contributed by atoms with Crippen LogP contribution in [0.25, 0.3) is 0 Å². The Morgan fingerprint density at radius 3 is 2.28 bits per heavy atom. The highest BCUT2D eigenvalue weighted by atomic mass is 35.5.